The van der Waals surface area contributed by atoms with E-state index in [1.807, 2.05) is 0 Å². The Labute approximate surface area is 132 Å². The Balaban J connectivity index is 2.27. The number of halogens is 2. The summed E-state index contributed by atoms with van der Waals surface area (Å²) in [6, 6.07) is 1.53. The van der Waals surface area contributed by atoms with Gasteiger partial charge in [0.1, 0.15) is 18.2 Å². The van der Waals surface area contributed by atoms with E-state index in [9.17, 15) is 9.59 Å². The Hall–Kier alpha value is -1.46. The van der Waals surface area contributed by atoms with Crippen LogP contribution >= 0.6 is 23.2 Å². The van der Waals surface area contributed by atoms with E-state index in [0.717, 1.165) is 0 Å². The van der Waals surface area contributed by atoms with Crippen LogP contribution in [0.15, 0.2) is 6.07 Å². The molecule has 0 saturated heterocycles. The Morgan fingerprint density at radius 1 is 1.38 bits per heavy atom. The molecule has 1 unspecified atom stereocenters. The van der Waals surface area contributed by atoms with Gasteiger partial charge in [-0.3, -0.25) is 9.59 Å². The number of benzene rings is 1. The fourth-order valence-electron chi connectivity index (χ4n) is 1.87. The maximum atomic E-state index is 11.8. The van der Waals surface area contributed by atoms with Crippen LogP contribution in [0.2, 0.25) is 10.0 Å². The summed E-state index contributed by atoms with van der Waals surface area (Å²) in [6.07, 6.45) is -0.159. The highest BCUT2D eigenvalue weighted by Gasteiger charge is 2.28. The summed E-state index contributed by atoms with van der Waals surface area (Å²) in [5.74, 6) is 0.0887. The third-order valence-electron chi connectivity index (χ3n) is 2.93. The molecule has 0 spiro atoms. The van der Waals surface area contributed by atoms with Gasteiger partial charge in [0.2, 0.25) is 0 Å². The number of rotatable bonds is 4. The summed E-state index contributed by atoms with van der Waals surface area (Å²) >= 11 is 12.3. The van der Waals surface area contributed by atoms with E-state index in [1.165, 1.54) is 13.0 Å². The number of carbonyl (C=O) groups is 2. The fourth-order valence-corrected chi connectivity index (χ4v) is 2.36. The lowest BCUT2D eigenvalue weighted by atomic mass is 10.1. The fraction of sp³-hybridized carbons (Fsp3) is 0.429. The first-order valence-electron chi connectivity index (χ1n) is 6.42. The predicted octanol–water partition coefficient (Wildman–Crippen LogP) is 3.29. The van der Waals surface area contributed by atoms with Crippen LogP contribution in [0.4, 0.5) is 0 Å². The monoisotopic (exact) mass is 332 g/mol. The Bertz CT molecular complexity index is 585. The number of ketones is 1. The maximum absolute atomic E-state index is 11.8. The molecule has 0 aliphatic carbocycles. The van der Waals surface area contributed by atoms with E-state index in [4.69, 9.17) is 37.4 Å². The van der Waals surface area contributed by atoms with Crippen molar-refractivity contribution < 1.29 is 23.8 Å². The molecule has 0 N–H and O–H groups in total. The molecule has 21 heavy (non-hydrogen) atoms. The van der Waals surface area contributed by atoms with Gasteiger partial charge in [-0.05, 0) is 6.07 Å². The van der Waals surface area contributed by atoms with Gasteiger partial charge in [-0.25, -0.2) is 0 Å². The zero-order chi connectivity index (χ0) is 15.6. The van der Waals surface area contributed by atoms with Crippen molar-refractivity contribution in [1.29, 1.82) is 0 Å². The smallest absolute Gasteiger partial charge is 0.302 e. The zero-order valence-electron chi connectivity index (χ0n) is 11.6. The molecule has 0 bridgehead atoms. The summed E-state index contributed by atoms with van der Waals surface area (Å²) < 4.78 is 16.0. The van der Waals surface area contributed by atoms with Crippen LogP contribution in [0.1, 0.15) is 30.6 Å². The van der Waals surface area contributed by atoms with Crippen molar-refractivity contribution in [2.75, 3.05) is 13.2 Å². The minimum atomic E-state index is -0.470. The first-order chi connectivity index (χ1) is 9.93. The average Bonchev–Trinajstić information content (AvgIpc) is 2.48. The molecule has 0 fully saturated rings. The number of Topliss-reactive ketones (excluding diaryl/α,β-unsaturated/α-hetero) is 1. The van der Waals surface area contributed by atoms with Gasteiger partial charge < -0.3 is 14.2 Å². The molecule has 0 amide bonds. The van der Waals surface area contributed by atoms with Gasteiger partial charge in [-0.1, -0.05) is 30.1 Å². The van der Waals surface area contributed by atoms with Gasteiger partial charge in [0, 0.05) is 18.9 Å². The molecule has 7 heteroatoms. The van der Waals surface area contributed by atoms with Crippen molar-refractivity contribution in [3.63, 3.8) is 0 Å². The molecule has 1 atom stereocenters. The summed E-state index contributed by atoms with van der Waals surface area (Å²) in [6.45, 7) is 3.29. The zero-order valence-corrected chi connectivity index (χ0v) is 13.1. The second kappa shape index (κ2) is 6.54. The molecule has 1 aliphatic rings. The first-order valence-corrected chi connectivity index (χ1v) is 7.17. The van der Waals surface area contributed by atoms with E-state index in [2.05, 4.69) is 0 Å². The highest BCUT2D eigenvalue weighted by atomic mass is 35.5. The van der Waals surface area contributed by atoms with E-state index >= 15 is 0 Å². The number of esters is 1. The molecule has 1 aliphatic heterocycles. The van der Waals surface area contributed by atoms with Crippen LogP contribution in [0.3, 0.4) is 0 Å². The van der Waals surface area contributed by atoms with Crippen molar-refractivity contribution in [3.8, 4) is 11.5 Å². The molecule has 0 saturated carbocycles. The summed E-state index contributed by atoms with van der Waals surface area (Å²) in [7, 11) is 0. The van der Waals surface area contributed by atoms with Gasteiger partial charge >= 0.3 is 5.97 Å². The molecule has 0 aromatic heterocycles. The molecular weight excluding hydrogens is 319 g/mol. The molecule has 0 radical (unpaired) electrons. The Kier molecular flexibility index (Phi) is 4.96. The maximum Gasteiger partial charge on any atom is 0.302 e. The molecular formula is C14H14Cl2O5. The Morgan fingerprint density at radius 2 is 2.10 bits per heavy atom. The molecule has 5 nitrogen and oxygen atoms in total. The minimum Gasteiger partial charge on any atom is -0.486 e. The number of hydrogen-bond donors (Lipinski definition) is 0. The second-order valence-electron chi connectivity index (χ2n) is 4.51. The minimum absolute atomic E-state index is 0.0539. The first kappa shape index (κ1) is 15.9. The molecule has 2 rings (SSSR count). The topological polar surface area (TPSA) is 61.8 Å². The van der Waals surface area contributed by atoms with Crippen LogP contribution < -0.4 is 9.47 Å². The van der Waals surface area contributed by atoms with Crippen molar-refractivity contribution in [2.24, 2.45) is 0 Å². The standard InChI is InChI=1S/C14H14Cl2O5/c1-3-10(18)9-4-11-14(13(16)12(9)15)21-8(6-20-11)5-19-7(2)17/h4,8H,3,5-6H2,1-2H3. The molecule has 1 heterocycles. The van der Waals surface area contributed by atoms with Crippen molar-refractivity contribution in [1.82, 2.24) is 0 Å². The van der Waals surface area contributed by atoms with Gasteiger partial charge in [0.05, 0.1) is 5.02 Å². The van der Waals surface area contributed by atoms with Crippen LogP contribution in [0.25, 0.3) is 0 Å². The number of ether oxygens (including phenoxy) is 3. The Morgan fingerprint density at radius 3 is 2.71 bits per heavy atom. The van der Waals surface area contributed by atoms with Crippen molar-refractivity contribution >= 4 is 35.0 Å². The third-order valence-corrected chi connectivity index (χ3v) is 3.78. The summed E-state index contributed by atoms with van der Waals surface area (Å²) in [4.78, 5) is 22.6. The second-order valence-corrected chi connectivity index (χ2v) is 5.27. The van der Waals surface area contributed by atoms with E-state index in [-0.39, 0.29) is 34.8 Å². The SMILES string of the molecule is CCC(=O)c1cc2c(c(Cl)c1Cl)OC(COC(C)=O)CO2. The van der Waals surface area contributed by atoms with Crippen molar-refractivity contribution in [2.45, 2.75) is 26.4 Å². The number of carbonyl (C=O) groups excluding carboxylic acids is 2. The normalized spacial score (nSPS) is 16.5. The van der Waals surface area contributed by atoms with Gasteiger partial charge in [-0.2, -0.15) is 0 Å². The largest absolute Gasteiger partial charge is 0.486 e. The van der Waals surface area contributed by atoms with Gasteiger partial charge in [-0.15, -0.1) is 0 Å². The van der Waals surface area contributed by atoms with E-state index in [0.29, 0.717) is 17.7 Å². The van der Waals surface area contributed by atoms with E-state index < -0.39 is 12.1 Å². The van der Waals surface area contributed by atoms with Crippen LogP contribution in [-0.2, 0) is 9.53 Å². The quantitative estimate of drug-likeness (QED) is 0.625. The summed E-state index contributed by atoms with van der Waals surface area (Å²) in [5, 5.41) is 0.262. The van der Waals surface area contributed by atoms with Crippen LogP contribution in [0, 0.1) is 0 Å². The van der Waals surface area contributed by atoms with Crippen LogP contribution in [-0.4, -0.2) is 31.1 Å². The third kappa shape index (κ3) is 3.41. The van der Waals surface area contributed by atoms with Crippen LogP contribution in [0.5, 0.6) is 11.5 Å². The van der Waals surface area contributed by atoms with Gasteiger partial charge in [0.25, 0.3) is 0 Å². The summed E-state index contributed by atoms with van der Waals surface area (Å²) in [5.41, 5.74) is 0.310. The van der Waals surface area contributed by atoms with Crippen molar-refractivity contribution in [3.05, 3.63) is 21.7 Å². The highest BCUT2D eigenvalue weighted by Crippen LogP contribution is 2.44. The number of fused-ring (bicyclic) bond motifs is 1. The lowest BCUT2D eigenvalue weighted by Gasteiger charge is -2.27. The molecule has 114 valence electrons. The average molecular weight is 333 g/mol. The number of hydrogen-bond acceptors (Lipinski definition) is 5. The van der Waals surface area contributed by atoms with Gasteiger partial charge in [0.15, 0.2) is 23.4 Å². The molecule has 1 aromatic carbocycles. The lowest BCUT2D eigenvalue weighted by molar-refractivity contribution is -0.144. The lowest BCUT2D eigenvalue weighted by Crippen LogP contribution is -2.34. The molecule has 1 aromatic rings. The van der Waals surface area contributed by atoms with E-state index in [1.54, 1.807) is 6.92 Å². The predicted molar refractivity (Wildman–Crippen MR) is 77.6 cm³/mol. The highest BCUT2D eigenvalue weighted by molar-refractivity contribution is 6.45.